The van der Waals surface area contributed by atoms with Gasteiger partial charge in [-0.15, -0.1) is 0 Å². The van der Waals surface area contributed by atoms with E-state index in [1.165, 1.54) is 16.6 Å². The molecule has 0 radical (unpaired) electrons. The van der Waals surface area contributed by atoms with Crippen molar-refractivity contribution >= 4 is 37.6 Å². The van der Waals surface area contributed by atoms with Crippen LogP contribution in [0.4, 0.5) is 0 Å². The van der Waals surface area contributed by atoms with Gasteiger partial charge in [-0.3, -0.25) is 4.98 Å². The number of pyridine rings is 2. The van der Waals surface area contributed by atoms with E-state index in [0.29, 0.717) is 4.47 Å². The standard InChI is InChI=1S/C19H17BrClN3O2S/c1-14-5-2-3-7-16(14)13-24(12-15-6-4-8-22-10-15)27(25,26)18-9-17(20)11-23-19(18)21/h2-11H,12-13H2,1H3. The molecule has 140 valence electrons. The average Bonchev–Trinajstić information content (AvgIpc) is 2.65. The van der Waals surface area contributed by atoms with Gasteiger partial charge < -0.3 is 0 Å². The Morgan fingerprint density at radius 3 is 2.59 bits per heavy atom. The number of hydrogen-bond donors (Lipinski definition) is 0. The van der Waals surface area contributed by atoms with Crippen LogP contribution in [0.15, 0.2) is 70.4 Å². The summed E-state index contributed by atoms with van der Waals surface area (Å²) in [5, 5.41) is -0.0563. The predicted octanol–water partition coefficient (Wildman–Crippen LogP) is 4.59. The topological polar surface area (TPSA) is 63.2 Å². The fraction of sp³-hybridized carbons (Fsp3) is 0.158. The quantitative estimate of drug-likeness (QED) is 0.498. The molecule has 0 aliphatic carbocycles. The lowest BCUT2D eigenvalue weighted by Gasteiger charge is -2.23. The van der Waals surface area contributed by atoms with E-state index in [0.717, 1.165) is 16.7 Å². The van der Waals surface area contributed by atoms with Gasteiger partial charge in [0.25, 0.3) is 0 Å². The van der Waals surface area contributed by atoms with Gasteiger partial charge in [0.2, 0.25) is 10.0 Å². The monoisotopic (exact) mass is 465 g/mol. The Morgan fingerprint density at radius 1 is 1.11 bits per heavy atom. The molecule has 0 aliphatic heterocycles. The molecular weight excluding hydrogens is 450 g/mol. The number of aromatic nitrogens is 2. The van der Waals surface area contributed by atoms with E-state index in [9.17, 15) is 8.42 Å². The molecule has 1 aromatic carbocycles. The summed E-state index contributed by atoms with van der Waals surface area (Å²) >= 11 is 9.38. The van der Waals surface area contributed by atoms with Crippen molar-refractivity contribution in [3.05, 3.63) is 87.4 Å². The number of nitrogens with zero attached hydrogens (tertiary/aromatic N) is 3. The molecule has 0 aliphatic rings. The van der Waals surface area contributed by atoms with Gasteiger partial charge >= 0.3 is 0 Å². The van der Waals surface area contributed by atoms with E-state index in [1.807, 2.05) is 37.3 Å². The maximum absolute atomic E-state index is 13.4. The molecule has 0 unspecified atom stereocenters. The van der Waals surface area contributed by atoms with Crippen LogP contribution in [-0.2, 0) is 23.1 Å². The van der Waals surface area contributed by atoms with Crippen LogP contribution in [0.5, 0.6) is 0 Å². The Bertz CT molecular complexity index is 1050. The molecule has 0 fully saturated rings. The third kappa shape index (κ3) is 4.73. The minimum Gasteiger partial charge on any atom is -0.264 e. The Labute approximate surface area is 172 Å². The fourth-order valence-corrected chi connectivity index (χ4v) is 4.95. The summed E-state index contributed by atoms with van der Waals surface area (Å²) in [4.78, 5) is 8.01. The van der Waals surface area contributed by atoms with Crippen LogP contribution in [0, 0.1) is 6.92 Å². The second kappa shape index (κ2) is 8.48. The molecule has 2 heterocycles. The van der Waals surface area contributed by atoms with Crippen LogP contribution in [0.25, 0.3) is 0 Å². The number of benzene rings is 1. The first-order valence-electron chi connectivity index (χ1n) is 8.12. The molecule has 0 spiro atoms. The lowest BCUT2D eigenvalue weighted by atomic mass is 10.1. The zero-order valence-electron chi connectivity index (χ0n) is 14.5. The Hall–Kier alpha value is -1.80. The van der Waals surface area contributed by atoms with Gasteiger partial charge in [-0.05, 0) is 51.7 Å². The third-order valence-corrected chi connectivity index (χ3v) is 6.73. The molecule has 3 aromatic rings. The highest BCUT2D eigenvalue weighted by Gasteiger charge is 2.28. The minimum atomic E-state index is -3.89. The van der Waals surface area contributed by atoms with Crippen molar-refractivity contribution in [2.24, 2.45) is 0 Å². The summed E-state index contributed by atoms with van der Waals surface area (Å²) in [6.07, 6.45) is 4.77. The second-order valence-electron chi connectivity index (χ2n) is 6.00. The van der Waals surface area contributed by atoms with Crippen molar-refractivity contribution in [2.75, 3.05) is 0 Å². The summed E-state index contributed by atoms with van der Waals surface area (Å²) in [5.41, 5.74) is 2.72. The molecule has 2 aromatic heterocycles. The molecule has 8 heteroatoms. The van der Waals surface area contributed by atoms with E-state index in [1.54, 1.807) is 18.5 Å². The van der Waals surface area contributed by atoms with Crippen molar-refractivity contribution < 1.29 is 8.42 Å². The van der Waals surface area contributed by atoms with E-state index in [-0.39, 0.29) is 23.1 Å². The maximum atomic E-state index is 13.4. The van der Waals surface area contributed by atoms with Crippen LogP contribution >= 0.6 is 27.5 Å². The molecule has 5 nitrogen and oxygen atoms in total. The molecule has 0 bridgehead atoms. The van der Waals surface area contributed by atoms with E-state index in [2.05, 4.69) is 25.9 Å². The van der Waals surface area contributed by atoms with Crippen LogP contribution < -0.4 is 0 Å². The van der Waals surface area contributed by atoms with Crippen molar-refractivity contribution in [2.45, 2.75) is 24.9 Å². The van der Waals surface area contributed by atoms with Crippen LogP contribution in [0.1, 0.15) is 16.7 Å². The first kappa shape index (κ1) is 19.9. The van der Waals surface area contributed by atoms with E-state index < -0.39 is 10.0 Å². The third-order valence-electron chi connectivity index (χ3n) is 4.08. The zero-order valence-corrected chi connectivity index (χ0v) is 17.7. The van der Waals surface area contributed by atoms with Gasteiger partial charge in [0.15, 0.2) is 0 Å². The van der Waals surface area contributed by atoms with Crippen molar-refractivity contribution in [1.82, 2.24) is 14.3 Å². The first-order valence-corrected chi connectivity index (χ1v) is 10.7. The van der Waals surface area contributed by atoms with Crippen LogP contribution in [0.3, 0.4) is 0 Å². The minimum absolute atomic E-state index is 0.0315. The van der Waals surface area contributed by atoms with Crippen LogP contribution in [-0.4, -0.2) is 22.7 Å². The van der Waals surface area contributed by atoms with Gasteiger partial charge in [-0.2, -0.15) is 4.31 Å². The van der Waals surface area contributed by atoms with Crippen molar-refractivity contribution in [3.8, 4) is 0 Å². The van der Waals surface area contributed by atoms with Crippen molar-refractivity contribution in [3.63, 3.8) is 0 Å². The normalized spacial score (nSPS) is 11.7. The molecule has 0 amide bonds. The molecule has 0 N–H and O–H groups in total. The van der Waals surface area contributed by atoms with Gasteiger partial charge in [0.1, 0.15) is 10.0 Å². The highest BCUT2D eigenvalue weighted by atomic mass is 79.9. The summed E-state index contributed by atoms with van der Waals surface area (Å²) in [6, 6.07) is 12.8. The molecule has 0 saturated carbocycles. The zero-order chi connectivity index (χ0) is 19.4. The highest BCUT2D eigenvalue weighted by Crippen LogP contribution is 2.28. The maximum Gasteiger partial charge on any atom is 0.246 e. The number of rotatable bonds is 6. The van der Waals surface area contributed by atoms with Gasteiger partial charge in [0, 0.05) is 36.2 Å². The van der Waals surface area contributed by atoms with E-state index in [4.69, 9.17) is 11.6 Å². The lowest BCUT2D eigenvalue weighted by Crippen LogP contribution is -2.31. The van der Waals surface area contributed by atoms with Gasteiger partial charge in [0.05, 0.1) is 0 Å². The number of sulfonamides is 1. The Balaban J connectivity index is 2.05. The summed E-state index contributed by atoms with van der Waals surface area (Å²) in [6.45, 7) is 2.35. The Kier molecular flexibility index (Phi) is 6.26. The molecule has 0 saturated heterocycles. The molecular formula is C19H17BrClN3O2S. The number of aryl methyl sites for hydroxylation is 1. The lowest BCUT2D eigenvalue weighted by molar-refractivity contribution is 0.400. The average molecular weight is 467 g/mol. The summed E-state index contributed by atoms with van der Waals surface area (Å²) in [5.74, 6) is 0. The fourth-order valence-electron chi connectivity index (χ4n) is 2.62. The van der Waals surface area contributed by atoms with Gasteiger partial charge in [-0.1, -0.05) is 41.9 Å². The summed E-state index contributed by atoms with van der Waals surface area (Å²) < 4.78 is 28.7. The van der Waals surface area contributed by atoms with E-state index >= 15 is 0 Å². The van der Waals surface area contributed by atoms with Crippen molar-refractivity contribution in [1.29, 1.82) is 0 Å². The Morgan fingerprint density at radius 2 is 1.89 bits per heavy atom. The smallest absolute Gasteiger partial charge is 0.246 e. The van der Waals surface area contributed by atoms with Crippen LogP contribution in [0.2, 0.25) is 5.15 Å². The first-order chi connectivity index (χ1) is 12.9. The highest BCUT2D eigenvalue weighted by molar-refractivity contribution is 9.10. The second-order valence-corrected chi connectivity index (χ2v) is 9.18. The largest absolute Gasteiger partial charge is 0.264 e. The molecule has 0 atom stereocenters. The summed E-state index contributed by atoms with van der Waals surface area (Å²) in [7, 11) is -3.89. The molecule has 3 rings (SSSR count). The SMILES string of the molecule is Cc1ccccc1CN(Cc1cccnc1)S(=O)(=O)c1cc(Br)cnc1Cl. The number of hydrogen-bond acceptors (Lipinski definition) is 4. The van der Waals surface area contributed by atoms with Gasteiger partial charge in [-0.25, -0.2) is 13.4 Å². The number of halogens is 2. The molecule has 27 heavy (non-hydrogen) atoms. The predicted molar refractivity (Wildman–Crippen MR) is 109 cm³/mol.